The Kier molecular flexibility index (Phi) is 7.60. The Morgan fingerprint density at radius 3 is 2.46 bits per heavy atom. The van der Waals surface area contributed by atoms with E-state index in [1.54, 1.807) is 24.9 Å². The molecule has 0 saturated carbocycles. The van der Waals surface area contributed by atoms with Gasteiger partial charge in [-0.15, -0.1) is 0 Å². The van der Waals surface area contributed by atoms with E-state index in [0.717, 1.165) is 25.9 Å². The molecule has 10 heteroatoms. The van der Waals surface area contributed by atoms with Gasteiger partial charge in [-0.05, 0) is 61.1 Å². The van der Waals surface area contributed by atoms with Crippen LogP contribution in [0.4, 0.5) is 17.6 Å². The molecule has 2 fully saturated rings. The number of piperidine rings is 1. The SMILES string of the molecule is CC(C)[C@@H](NC(=O)c1cc(C(F)(F)F)ccc1F)C(=O)N1CCC2(CC1)CN(C)CC2c1cccnc1. The second kappa shape index (κ2) is 10.4. The number of alkyl halides is 3. The van der Waals surface area contributed by atoms with Gasteiger partial charge in [0.1, 0.15) is 11.9 Å². The number of nitrogens with zero attached hydrogens (tertiary/aromatic N) is 3. The van der Waals surface area contributed by atoms with E-state index in [9.17, 15) is 27.2 Å². The molecule has 0 bridgehead atoms. The van der Waals surface area contributed by atoms with Gasteiger partial charge in [0.25, 0.3) is 5.91 Å². The lowest BCUT2D eigenvalue weighted by molar-refractivity contribution is -0.138. The number of carbonyl (C=O) groups excluding carboxylic acids is 2. The number of pyridine rings is 1. The van der Waals surface area contributed by atoms with Crippen LogP contribution in [0.15, 0.2) is 42.7 Å². The summed E-state index contributed by atoms with van der Waals surface area (Å²) in [5, 5.41) is 2.50. The molecule has 200 valence electrons. The summed E-state index contributed by atoms with van der Waals surface area (Å²) < 4.78 is 53.5. The summed E-state index contributed by atoms with van der Waals surface area (Å²) in [6, 6.07) is 4.71. The van der Waals surface area contributed by atoms with Crippen molar-refractivity contribution in [2.24, 2.45) is 11.3 Å². The minimum absolute atomic E-state index is 0.00625. The Morgan fingerprint density at radius 1 is 1.16 bits per heavy atom. The molecule has 2 atom stereocenters. The monoisotopic (exact) mass is 520 g/mol. The molecule has 2 aromatic rings. The lowest BCUT2D eigenvalue weighted by atomic mass is 9.68. The molecule has 0 radical (unpaired) electrons. The first-order valence-corrected chi connectivity index (χ1v) is 12.5. The van der Waals surface area contributed by atoms with E-state index < -0.39 is 35.1 Å². The van der Waals surface area contributed by atoms with Crippen LogP contribution in [0.1, 0.15) is 54.1 Å². The molecule has 2 amide bonds. The van der Waals surface area contributed by atoms with Crippen LogP contribution in [0.3, 0.4) is 0 Å². The number of hydrogen-bond acceptors (Lipinski definition) is 4. The van der Waals surface area contributed by atoms with Gasteiger partial charge in [-0.2, -0.15) is 13.2 Å². The predicted molar refractivity (Wildman–Crippen MR) is 130 cm³/mol. The molecular formula is C27H32F4N4O2. The van der Waals surface area contributed by atoms with Crippen LogP contribution in [0, 0.1) is 17.2 Å². The van der Waals surface area contributed by atoms with Gasteiger partial charge in [0.05, 0.1) is 11.1 Å². The number of carbonyl (C=O) groups is 2. The maximum absolute atomic E-state index is 14.3. The zero-order valence-corrected chi connectivity index (χ0v) is 21.2. The highest BCUT2D eigenvalue weighted by Crippen LogP contribution is 2.49. The van der Waals surface area contributed by atoms with Crippen molar-refractivity contribution in [3.63, 3.8) is 0 Å². The summed E-state index contributed by atoms with van der Waals surface area (Å²) in [7, 11) is 2.09. The number of nitrogens with one attached hydrogen (secondary N) is 1. The van der Waals surface area contributed by atoms with Crippen LogP contribution in [-0.2, 0) is 11.0 Å². The van der Waals surface area contributed by atoms with Gasteiger partial charge >= 0.3 is 6.18 Å². The summed E-state index contributed by atoms with van der Waals surface area (Å²) in [6.07, 6.45) is 0.497. The Hall–Kier alpha value is -3.01. The second-order valence-corrected chi connectivity index (χ2v) is 10.6. The average molecular weight is 521 g/mol. The van der Waals surface area contributed by atoms with Gasteiger partial charge in [0.15, 0.2) is 0 Å². The van der Waals surface area contributed by atoms with Gasteiger partial charge in [0.2, 0.25) is 5.91 Å². The van der Waals surface area contributed by atoms with E-state index in [0.29, 0.717) is 37.2 Å². The first-order valence-electron chi connectivity index (χ1n) is 12.5. The Bertz CT molecular complexity index is 1130. The third-order valence-electron chi connectivity index (χ3n) is 7.73. The number of likely N-dealkylation sites (tertiary alicyclic amines) is 2. The molecule has 2 aliphatic heterocycles. The highest BCUT2D eigenvalue weighted by Gasteiger charge is 2.48. The summed E-state index contributed by atoms with van der Waals surface area (Å²) in [4.78, 5) is 34.5. The third-order valence-corrected chi connectivity index (χ3v) is 7.73. The van der Waals surface area contributed by atoms with Crippen molar-refractivity contribution in [3.8, 4) is 0 Å². The number of amides is 2. The number of hydrogen-bond donors (Lipinski definition) is 1. The molecule has 3 heterocycles. The zero-order valence-electron chi connectivity index (χ0n) is 21.2. The number of aromatic nitrogens is 1. The van der Waals surface area contributed by atoms with Crippen molar-refractivity contribution < 1.29 is 27.2 Å². The standard InChI is InChI=1S/C27H32F4N4O2/c1-17(2)23(33-24(36)20-13-19(27(29,30)31)6-7-22(20)28)25(37)35-11-8-26(9-12-35)16-34(3)15-21(26)18-5-4-10-32-14-18/h4-7,10,13-14,17,21,23H,8-9,11-12,15-16H2,1-3H3,(H,33,36)/t21?,23-/m1/s1. The summed E-state index contributed by atoms with van der Waals surface area (Å²) in [6.45, 7) is 6.30. The zero-order chi connectivity index (χ0) is 27.0. The highest BCUT2D eigenvalue weighted by atomic mass is 19.4. The van der Waals surface area contributed by atoms with Gasteiger partial charge in [-0.3, -0.25) is 14.6 Å². The van der Waals surface area contributed by atoms with E-state index in [1.807, 2.05) is 12.3 Å². The average Bonchev–Trinajstić information content (AvgIpc) is 3.17. The number of benzene rings is 1. The van der Waals surface area contributed by atoms with Crippen molar-refractivity contribution in [3.05, 3.63) is 65.2 Å². The van der Waals surface area contributed by atoms with E-state index in [4.69, 9.17) is 0 Å². The van der Waals surface area contributed by atoms with Crippen LogP contribution < -0.4 is 5.32 Å². The molecule has 6 nitrogen and oxygen atoms in total. The van der Waals surface area contributed by atoms with Crippen LogP contribution in [-0.4, -0.2) is 65.9 Å². The lowest BCUT2D eigenvalue weighted by Gasteiger charge is -2.44. The molecule has 1 N–H and O–H groups in total. The van der Waals surface area contributed by atoms with Crippen LogP contribution in [0.25, 0.3) is 0 Å². The second-order valence-electron chi connectivity index (χ2n) is 10.6. The number of halogens is 4. The minimum atomic E-state index is -4.72. The van der Waals surface area contributed by atoms with Crippen molar-refractivity contribution in [2.75, 3.05) is 33.2 Å². The molecule has 37 heavy (non-hydrogen) atoms. The van der Waals surface area contributed by atoms with Crippen molar-refractivity contribution in [2.45, 2.75) is 44.8 Å². The normalized spacial score (nSPS) is 20.9. The first kappa shape index (κ1) is 27.0. The molecule has 1 spiro atoms. The Morgan fingerprint density at radius 2 is 1.86 bits per heavy atom. The minimum Gasteiger partial charge on any atom is -0.341 e. The Labute approximate surface area is 214 Å². The van der Waals surface area contributed by atoms with Gasteiger partial charge in [0, 0.05) is 44.5 Å². The first-order chi connectivity index (χ1) is 17.4. The molecule has 1 aromatic carbocycles. The summed E-state index contributed by atoms with van der Waals surface area (Å²) >= 11 is 0. The van der Waals surface area contributed by atoms with E-state index in [2.05, 4.69) is 28.3 Å². The van der Waals surface area contributed by atoms with Crippen LogP contribution in [0.5, 0.6) is 0 Å². The fourth-order valence-electron chi connectivity index (χ4n) is 5.74. The quantitative estimate of drug-likeness (QED) is 0.596. The molecule has 2 aliphatic rings. The maximum atomic E-state index is 14.3. The van der Waals surface area contributed by atoms with Crippen LogP contribution in [0.2, 0.25) is 0 Å². The third kappa shape index (κ3) is 5.63. The number of rotatable bonds is 5. The van der Waals surface area contributed by atoms with Crippen molar-refractivity contribution >= 4 is 11.8 Å². The van der Waals surface area contributed by atoms with Gasteiger partial charge in [-0.1, -0.05) is 19.9 Å². The van der Waals surface area contributed by atoms with Gasteiger partial charge in [-0.25, -0.2) is 4.39 Å². The lowest BCUT2D eigenvalue weighted by Crippen LogP contribution is -2.54. The summed E-state index contributed by atoms with van der Waals surface area (Å²) in [5.74, 6) is -2.48. The maximum Gasteiger partial charge on any atom is 0.416 e. The molecule has 2 saturated heterocycles. The van der Waals surface area contributed by atoms with Gasteiger partial charge < -0.3 is 15.1 Å². The largest absolute Gasteiger partial charge is 0.416 e. The van der Waals surface area contributed by atoms with Crippen LogP contribution >= 0.6 is 0 Å². The summed E-state index contributed by atoms with van der Waals surface area (Å²) in [5.41, 5.74) is -0.675. The van der Waals surface area contributed by atoms with Crippen molar-refractivity contribution in [1.82, 2.24) is 20.1 Å². The molecule has 1 aromatic heterocycles. The highest BCUT2D eigenvalue weighted by molar-refractivity contribution is 5.98. The van der Waals surface area contributed by atoms with Crippen molar-refractivity contribution in [1.29, 1.82) is 0 Å². The topological polar surface area (TPSA) is 65.5 Å². The smallest absolute Gasteiger partial charge is 0.341 e. The fraction of sp³-hybridized carbons (Fsp3) is 0.519. The Balaban J connectivity index is 1.47. The molecule has 4 rings (SSSR count). The molecule has 1 unspecified atom stereocenters. The molecule has 0 aliphatic carbocycles. The predicted octanol–water partition coefficient (Wildman–Crippen LogP) is 4.33. The van der Waals surface area contributed by atoms with E-state index in [-0.39, 0.29) is 17.2 Å². The molecular weight excluding hydrogens is 488 g/mol. The van der Waals surface area contributed by atoms with E-state index >= 15 is 0 Å². The number of likely N-dealkylation sites (N-methyl/N-ethyl adjacent to an activating group) is 1. The fourth-order valence-corrected chi connectivity index (χ4v) is 5.74. The van der Waals surface area contributed by atoms with E-state index in [1.165, 1.54) is 5.56 Å².